The van der Waals surface area contributed by atoms with Crippen LogP contribution in [0.25, 0.3) is 5.69 Å². The van der Waals surface area contributed by atoms with Crippen LogP contribution >= 0.6 is 11.6 Å². The summed E-state index contributed by atoms with van der Waals surface area (Å²) >= 11 is 5.79. The lowest BCUT2D eigenvalue weighted by molar-refractivity contribution is 0.563. The molecule has 3 heteroatoms. The van der Waals surface area contributed by atoms with Gasteiger partial charge in [-0.15, -0.1) is 0 Å². The second-order valence-corrected chi connectivity index (χ2v) is 3.26. The Balaban J connectivity index is 2.51. The predicted octanol–water partition coefficient (Wildman–Crippen LogP) is 2.59. The van der Waals surface area contributed by atoms with Gasteiger partial charge in [0.15, 0.2) is 0 Å². The molecule has 1 aromatic carbocycles. The number of aromatic nitrogens is 1. The molecule has 0 unspecified atom stereocenters. The van der Waals surface area contributed by atoms with Crippen LogP contribution in [-0.4, -0.2) is 10.9 Å². The van der Waals surface area contributed by atoms with E-state index in [9.17, 15) is 4.79 Å². The third-order valence-corrected chi connectivity index (χ3v) is 2.29. The molecule has 2 aromatic rings. The molecule has 0 aliphatic heterocycles. The molecule has 0 fully saturated rings. The molecule has 0 aliphatic rings. The fourth-order valence-corrected chi connectivity index (χ4v) is 1.41. The summed E-state index contributed by atoms with van der Waals surface area (Å²) in [6.07, 6.45) is 5.60. The van der Waals surface area contributed by atoms with Crippen LogP contribution in [0.15, 0.2) is 42.7 Å². The summed E-state index contributed by atoms with van der Waals surface area (Å²) in [5, 5.41) is 0.427. The zero-order valence-electron chi connectivity index (χ0n) is 7.27. The van der Waals surface area contributed by atoms with Gasteiger partial charge >= 0.3 is 0 Å². The predicted molar refractivity (Wildman–Crippen MR) is 55.6 cm³/mol. The second-order valence-electron chi connectivity index (χ2n) is 2.86. The van der Waals surface area contributed by atoms with Crippen molar-refractivity contribution in [1.82, 2.24) is 4.57 Å². The molecule has 69 valence electrons. The normalized spacial score (nSPS) is 10.1. The van der Waals surface area contributed by atoms with Crippen molar-refractivity contribution < 1.29 is 4.79 Å². The third-order valence-electron chi connectivity index (χ3n) is 1.96. The Hall–Kier alpha value is -1.54. The SMILES string of the molecule is O=[C]c1cc(-n2cccc2)ccc1Cl. The first-order chi connectivity index (χ1) is 6.81. The molecule has 0 N–H and O–H groups in total. The lowest BCUT2D eigenvalue weighted by Gasteiger charge is -2.03. The maximum Gasteiger partial charge on any atom is 0.235 e. The minimum atomic E-state index is 0.387. The highest BCUT2D eigenvalue weighted by Gasteiger charge is 2.02. The lowest BCUT2D eigenvalue weighted by Crippen LogP contribution is -1.92. The van der Waals surface area contributed by atoms with E-state index in [1.807, 2.05) is 35.2 Å². The summed E-state index contributed by atoms with van der Waals surface area (Å²) in [5.41, 5.74) is 1.29. The smallest absolute Gasteiger partial charge is 0.235 e. The molecular formula is C11H7ClNO. The first-order valence-corrected chi connectivity index (χ1v) is 4.50. The van der Waals surface area contributed by atoms with Gasteiger partial charge < -0.3 is 4.57 Å². The van der Waals surface area contributed by atoms with E-state index >= 15 is 0 Å². The molecule has 0 aliphatic carbocycles. The third kappa shape index (κ3) is 1.56. The summed E-state index contributed by atoms with van der Waals surface area (Å²) in [6, 6.07) is 9.08. The van der Waals surface area contributed by atoms with Gasteiger partial charge in [0, 0.05) is 23.6 Å². The van der Waals surface area contributed by atoms with Gasteiger partial charge in [0.2, 0.25) is 6.29 Å². The molecule has 14 heavy (non-hydrogen) atoms. The van der Waals surface area contributed by atoms with Gasteiger partial charge in [0.25, 0.3) is 0 Å². The van der Waals surface area contributed by atoms with Crippen molar-refractivity contribution in [2.45, 2.75) is 0 Å². The molecule has 0 spiro atoms. The summed E-state index contributed by atoms with van der Waals surface area (Å²) in [5.74, 6) is 0. The van der Waals surface area contributed by atoms with Gasteiger partial charge in [-0.25, -0.2) is 0 Å². The van der Waals surface area contributed by atoms with Crippen LogP contribution in [-0.2, 0) is 4.79 Å². The standard InChI is InChI=1S/C11H7ClNO/c12-11-4-3-10(7-9(11)8-14)13-5-1-2-6-13/h1-7H. The van der Waals surface area contributed by atoms with E-state index in [-0.39, 0.29) is 0 Å². The van der Waals surface area contributed by atoms with Crippen LogP contribution in [0.5, 0.6) is 0 Å². The Morgan fingerprint density at radius 1 is 1.21 bits per heavy atom. The van der Waals surface area contributed by atoms with Gasteiger partial charge in [0.05, 0.1) is 5.02 Å². The molecule has 1 aromatic heterocycles. The highest BCUT2D eigenvalue weighted by atomic mass is 35.5. The van der Waals surface area contributed by atoms with Gasteiger partial charge in [0.1, 0.15) is 0 Å². The molecule has 2 nitrogen and oxygen atoms in total. The van der Waals surface area contributed by atoms with Crippen molar-refractivity contribution in [3.8, 4) is 5.69 Å². The minimum Gasteiger partial charge on any atom is -0.324 e. The van der Waals surface area contributed by atoms with Crippen molar-refractivity contribution >= 4 is 17.9 Å². The topological polar surface area (TPSA) is 22.0 Å². The van der Waals surface area contributed by atoms with E-state index in [0.29, 0.717) is 10.6 Å². The summed E-state index contributed by atoms with van der Waals surface area (Å²) in [7, 11) is 0. The van der Waals surface area contributed by atoms with E-state index in [1.165, 1.54) is 0 Å². The fraction of sp³-hybridized carbons (Fsp3) is 0. The minimum absolute atomic E-state index is 0.387. The zero-order chi connectivity index (χ0) is 9.97. The summed E-state index contributed by atoms with van der Waals surface area (Å²) in [4.78, 5) is 10.5. The monoisotopic (exact) mass is 204 g/mol. The molecule has 0 amide bonds. The molecule has 0 saturated heterocycles. The molecule has 2 rings (SSSR count). The van der Waals surface area contributed by atoms with Gasteiger partial charge in [-0.1, -0.05) is 11.6 Å². The first kappa shape index (κ1) is 9.03. The maximum absolute atomic E-state index is 10.5. The number of halogens is 1. The van der Waals surface area contributed by atoms with E-state index in [4.69, 9.17) is 11.6 Å². The zero-order valence-corrected chi connectivity index (χ0v) is 8.03. The second kappa shape index (κ2) is 3.68. The Kier molecular flexibility index (Phi) is 2.37. The molecule has 0 saturated carbocycles. The fourth-order valence-electron chi connectivity index (χ4n) is 1.26. The Morgan fingerprint density at radius 3 is 2.57 bits per heavy atom. The first-order valence-electron chi connectivity index (χ1n) is 4.12. The van der Waals surface area contributed by atoms with E-state index in [0.717, 1.165) is 5.69 Å². The van der Waals surface area contributed by atoms with E-state index < -0.39 is 0 Å². The van der Waals surface area contributed by atoms with E-state index in [1.54, 1.807) is 18.4 Å². The average Bonchev–Trinajstić information content (AvgIpc) is 2.71. The van der Waals surface area contributed by atoms with Crippen molar-refractivity contribution in [3.05, 3.63) is 53.3 Å². The number of carbonyl (C=O) groups excluding carboxylic acids is 1. The maximum atomic E-state index is 10.5. The molecule has 0 bridgehead atoms. The van der Waals surface area contributed by atoms with Gasteiger partial charge in [-0.2, -0.15) is 0 Å². The number of hydrogen-bond acceptors (Lipinski definition) is 1. The Labute approximate surface area is 86.7 Å². The number of nitrogens with zero attached hydrogens (tertiary/aromatic N) is 1. The van der Waals surface area contributed by atoms with Crippen molar-refractivity contribution in [2.75, 3.05) is 0 Å². The summed E-state index contributed by atoms with van der Waals surface area (Å²) in [6.45, 7) is 0. The van der Waals surface area contributed by atoms with Crippen LogP contribution in [0.1, 0.15) is 5.56 Å². The van der Waals surface area contributed by atoms with Crippen molar-refractivity contribution in [1.29, 1.82) is 0 Å². The molecular weight excluding hydrogens is 198 g/mol. The number of benzene rings is 1. The molecule has 1 radical (unpaired) electrons. The summed E-state index contributed by atoms with van der Waals surface area (Å²) < 4.78 is 1.90. The number of rotatable bonds is 2. The van der Waals surface area contributed by atoms with Crippen LogP contribution < -0.4 is 0 Å². The van der Waals surface area contributed by atoms with Gasteiger partial charge in [-0.3, -0.25) is 4.79 Å². The molecule has 0 atom stereocenters. The van der Waals surface area contributed by atoms with Crippen LogP contribution in [0.2, 0.25) is 5.02 Å². The number of hydrogen-bond donors (Lipinski definition) is 0. The lowest BCUT2D eigenvalue weighted by atomic mass is 10.2. The highest BCUT2D eigenvalue weighted by Crippen LogP contribution is 2.18. The van der Waals surface area contributed by atoms with Crippen molar-refractivity contribution in [3.63, 3.8) is 0 Å². The van der Waals surface area contributed by atoms with Crippen LogP contribution in [0.4, 0.5) is 0 Å². The highest BCUT2D eigenvalue weighted by molar-refractivity contribution is 6.33. The van der Waals surface area contributed by atoms with Crippen LogP contribution in [0.3, 0.4) is 0 Å². The Morgan fingerprint density at radius 2 is 1.93 bits per heavy atom. The quantitative estimate of drug-likeness (QED) is 0.737. The Bertz CT molecular complexity index is 448. The van der Waals surface area contributed by atoms with Crippen molar-refractivity contribution in [2.24, 2.45) is 0 Å². The largest absolute Gasteiger partial charge is 0.324 e. The van der Waals surface area contributed by atoms with E-state index in [2.05, 4.69) is 0 Å². The van der Waals surface area contributed by atoms with Gasteiger partial charge in [-0.05, 0) is 30.3 Å². The molecule has 1 heterocycles. The average molecular weight is 205 g/mol. The van der Waals surface area contributed by atoms with Crippen LogP contribution in [0, 0.1) is 0 Å².